The smallest absolute Gasteiger partial charge is 0.282 e. The molecule has 0 bridgehead atoms. The minimum absolute atomic E-state index is 0.124. The zero-order valence-electron chi connectivity index (χ0n) is 14.1. The lowest BCUT2D eigenvalue weighted by Crippen LogP contribution is -2.22. The average Bonchev–Trinajstić information content (AvgIpc) is 3.22. The normalized spacial score (nSPS) is 11.4. The second kappa shape index (κ2) is 8.15. The minimum atomic E-state index is -3.07. The van der Waals surface area contributed by atoms with Crippen LogP contribution in [0.5, 0.6) is 0 Å². The van der Waals surface area contributed by atoms with Crippen molar-refractivity contribution in [2.24, 2.45) is 0 Å². The molecule has 1 amide bonds. The summed E-state index contributed by atoms with van der Waals surface area (Å²) < 4.78 is 66.2. The molecule has 0 fully saturated rings. The number of halogens is 5. The molecule has 3 rings (SSSR count). The summed E-state index contributed by atoms with van der Waals surface area (Å²) in [6, 6.07) is 6.35. The number of nitrogens with one attached hydrogen (secondary N) is 1. The van der Waals surface area contributed by atoms with E-state index in [1.165, 1.54) is 29.2 Å². The molecule has 1 N–H and O–H groups in total. The molecule has 0 atom stereocenters. The zero-order chi connectivity index (χ0) is 20.3. The van der Waals surface area contributed by atoms with Crippen molar-refractivity contribution in [1.82, 2.24) is 24.5 Å². The maximum atomic E-state index is 13.2. The van der Waals surface area contributed by atoms with Gasteiger partial charge in [0.1, 0.15) is 30.1 Å². The van der Waals surface area contributed by atoms with Crippen LogP contribution in [0.4, 0.5) is 27.9 Å². The Labute approximate surface area is 154 Å². The van der Waals surface area contributed by atoms with E-state index in [9.17, 15) is 26.7 Å². The lowest BCUT2D eigenvalue weighted by molar-refractivity contribution is -0.117. The Morgan fingerprint density at radius 1 is 1.11 bits per heavy atom. The van der Waals surface area contributed by atoms with Crippen LogP contribution in [0, 0.1) is 5.82 Å². The third-order valence-corrected chi connectivity index (χ3v) is 3.59. The Balaban J connectivity index is 1.65. The summed E-state index contributed by atoms with van der Waals surface area (Å²) in [6.07, 6.45) is -4.83. The summed E-state index contributed by atoms with van der Waals surface area (Å²) in [6.45, 7) is -0.530. The predicted molar refractivity (Wildman–Crippen MR) is 86.3 cm³/mol. The maximum absolute atomic E-state index is 13.2. The Hall–Kier alpha value is -3.31. The molecule has 12 heteroatoms. The topological polar surface area (TPSA) is 77.6 Å². The molecule has 0 saturated carbocycles. The fourth-order valence-electron chi connectivity index (χ4n) is 2.41. The highest BCUT2D eigenvalue weighted by Crippen LogP contribution is 2.25. The summed E-state index contributed by atoms with van der Waals surface area (Å²) in [4.78, 5) is 15.8. The summed E-state index contributed by atoms with van der Waals surface area (Å²) in [5.74, 6) is -1.36. The molecule has 148 valence electrons. The quantitative estimate of drug-likeness (QED) is 0.618. The number of hydrogen-bond acceptors (Lipinski definition) is 4. The summed E-state index contributed by atoms with van der Waals surface area (Å²) in [5, 5.41) is 9.55. The molecular formula is C16H13F5N6O. The van der Waals surface area contributed by atoms with Crippen molar-refractivity contribution in [2.75, 3.05) is 5.32 Å². The number of benzene rings is 1. The van der Waals surface area contributed by atoms with Crippen molar-refractivity contribution in [3.8, 4) is 0 Å². The van der Waals surface area contributed by atoms with Crippen LogP contribution in [-0.2, 0) is 17.9 Å². The lowest BCUT2D eigenvalue weighted by atomic mass is 10.2. The van der Waals surface area contributed by atoms with E-state index in [4.69, 9.17) is 0 Å². The van der Waals surface area contributed by atoms with E-state index in [1.807, 2.05) is 0 Å². The standard InChI is InChI=1S/C16H13F5N6O/c17-10-3-1-2-9(4-10)6-26-8-22-16(25-26)23-13(28)7-27-12(15(20)21)5-11(24-27)14(18)19/h1-5,8,14-15H,6-7H2,(H,23,25,28). The van der Waals surface area contributed by atoms with Crippen molar-refractivity contribution in [3.05, 3.63) is 59.4 Å². The molecule has 0 aliphatic heterocycles. The first kappa shape index (κ1) is 19.5. The van der Waals surface area contributed by atoms with Gasteiger partial charge in [-0.2, -0.15) is 5.10 Å². The van der Waals surface area contributed by atoms with Crippen LogP contribution in [0.2, 0.25) is 0 Å². The number of nitrogens with zero attached hydrogens (tertiary/aromatic N) is 5. The van der Waals surface area contributed by atoms with Crippen LogP contribution in [0.15, 0.2) is 36.7 Å². The second-order valence-electron chi connectivity index (χ2n) is 5.70. The number of alkyl halides is 4. The van der Waals surface area contributed by atoms with Gasteiger partial charge in [0.15, 0.2) is 0 Å². The Bertz CT molecular complexity index is 970. The van der Waals surface area contributed by atoms with E-state index in [0.29, 0.717) is 16.3 Å². The van der Waals surface area contributed by atoms with Gasteiger partial charge in [-0.25, -0.2) is 31.6 Å². The average molecular weight is 400 g/mol. The van der Waals surface area contributed by atoms with Gasteiger partial charge >= 0.3 is 0 Å². The number of anilines is 1. The molecule has 7 nitrogen and oxygen atoms in total. The maximum Gasteiger partial charge on any atom is 0.282 e. The number of amides is 1. The van der Waals surface area contributed by atoms with E-state index in [1.54, 1.807) is 6.07 Å². The molecule has 0 spiro atoms. The highest BCUT2D eigenvalue weighted by Gasteiger charge is 2.22. The van der Waals surface area contributed by atoms with E-state index >= 15 is 0 Å². The van der Waals surface area contributed by atoms with Gasteiger partial charge in [-0.15, -0.1) is 5.10 Å². The van der Waals surface area contributed by atoms with Crippen LogP contribution < -0.4 is 5.32 Å². The zero-order valence-corrected chi connectivity index (χ0v) is 14.1. The van der Waals surface area contributed by atoms with Gasteiger partial charge in [0.05, 0.1) is 6.54 Å². The summed E-state index contributed by atoms with van der Waals surface area (Å²) in [5.41, 5.74) is -1.03. The number of rotatable bonds is 7. The van der Waals surface area contributed by atoms with Crippen molar-refractivity contribution < 1.29 is 26.7 Å². The minimum Gasteiger partial charge on any atom is -0.292 e. The Kier molecular flexibility index (Phi) is 5.66. The fraction of sp³-hybridized carbons (Fsp3) is 0.250. The number of carbonyl (C=O) groups excluding carboxylic acids is 1. The molecule has 0 aliphatic carbocycles. The van der Waals surface area contributed by atoms with Crippen LogP contribution >= 0.6 is 0 Å². The summed E-state index contributed by atoms with van der Waals surface area (Å²) in [7, 11) is 0. The van der Waals surface area contributed by atoms with Crippen LogP contribution in [0.25, 0.3) is 0 Å². The van der Waals surface area contributed by atoms with E-state index in [0.717, 1.165) is 0 Å². The molecule has 1 aromatic carbocycles. The molecular weight excluding hydrogens is 387 g/mol. The highest BCUT2D eigenvalue weighted by atomic mass is 19.3. The molecule has 0 radical (unpaired) electrons. The Morgan fingerprint density at radius 2 is 1.89 bits per heavy atom. The number of hydrogen-bond donors (Lipinski definition) is 1. The van der Waals surface area contributed by atoms with Crippen molar-refractivity contribution in [1.29, 1.82) is 0 Å². The molecule has 0 unspecified atom stereocenters. The molecule has 0 saturated heterocycles. The van der Waals surface area contributed by atoms with E-state index < -0.39 is 42.5 Å². The third kappa shape index (κ3) is 4.69. The van der Waals surface area contributed by atoms with Gasteiger partial charge in [0.25, 0.3) is 12.9 Å². The fourth-order valence-corrected chi connectivity index (χ4v) is 2.41. The van der Waals surface area contributed by atoms with Gasteiger partial charge in [-0.05, 0) is 23.8 Å². The van der Waals surface area contributed by atoms with Crippen molar-refractivity contribution in [2.45, 2.75) is 25.9 Å². The second-order valence-corrected chi connectivity index (χ2v) is 5.70. The molecule has 0 aliphatic rings. The first-order chi connectivity index (χ1) is 13.3. The number of aromatic nitrogens is 5. The first-order valence-electron chi connectivity index (χ1n) is 7.89. The number of carbonyl (C=O) groups is 1. The molecule has 28 heavy (non-hydrogen) atoms. The highest BCUT2D eigenvalue weighted by molar-refractivity contribution is 5.88. The lowest BCUT2D eigenvalue weighted by Gasteiger charge is -2.06. The van der Waals surface area contributed by atoms with Crippen LogP contribution in [0.1, 0.15) is 29.8 Å². The predicted octanol–water partition coefficient (Wildman–Crippen LogP) is 3.18. The monoisotopic (exact) mass is 400 g/mol. The van der Waals surface area contributed by atoms with Gasteiger partial charge in [0.2, 0.25) is 11.9 Å². The molecule has 2 aromatic heterocycles. The molecule has 2 heterocycles. The Morgan fingerprint density at radius 3 is 2.57 bits per heavy atom. The van der Waals surface area contributed by atoms with Gasteiger partial charge < -0.3 is 0 Å². The van der Waals surface area contributed by atoms with Crippen molar-refractivity contribution in [3.63, 3.8) is 0 Å². The first-order valence-corrected chi connectivity index (χ1v) is 7.89. The van der Waals surface area contributed by atoms with Gasteiger partial charge in [-0.1, -0.05) is 12.1 Å². The van der Waals surface area contributed by atoms with Gasteiger partial charge in [-0.3, -0.25) is 14.8 Å². The third-order valence-electron chi connectivity index (χ3n) is 3.59. The largest absolute Gasteiger partial charge is 0.292 e. The van der Waals surface area contributed by atoms with Crippen LogP contribution in [-0.4, -0.2) is 30.5 Å². The van der Waals surface area contributed by atoms with Crippen molar-refractivity contribution >= 4 is 11.9 Å². The van der Waals surface area contributed by atoms with E-state index in [-0.39, 0.29) is 12.5 Å². The van der Waals surface area contributed by atoms with E-state index in [2.05, 4.69) is 20.5 Å². The van der Waals surface area contributed by atoms with Crippen LogP contribution in [0.3, 0.4) is 0 Å². The molecule has 3 aromatic rings. The SMILES string of the molecule is O=C(Cn1nc(C(F)F)cc1C(F)F)Nc1ncn(Cc2cccc(F)c2)n1. The summed E-state index contributed by atoms with van der Waals surface area (Å²) >= 11 is 0. The van der Waals surface area contributed by atoms with Gasteiger partial charge in [0, 0.05) is 0 Å².